The van der Waals surface area contributed by atoms with Gasteiger partial charge in [-0.05, 0) is 336 Å². The predicted molar refractivity (Wildman–Crippen MR) is 419 cm³/mol. The third-order valence-corrected chi connectivity index (χ3v) is 17.0. The van der Waals surface area contributed by atoms with E-state index in [9.17, 15) is 24.0 Å². The SMILES string of the molecule is CC(C)(C)OC(=O)COc1c2cc(-c3ccncc3)cc1Cc1cc(-c3ccncc3)cc(c1OCC(=O)OC(C)(C)C)Cc1cc(-c3ccncc3)cc(c1OCC(=O)OC(C)(C)C)Cc1cc(-c3ccncc3)cc(c1OCC(=O)OC(C)(C)C)Cc1cc(-c3ccncc3)cc(c1OCC(=O)OC(C)(C)C)C2. The highest BCUT2D eigenvalue weighted by molar-refractivity contribution is 5.79. The van der Waals surface area contributed by atoms with Crippen molar-refractivity contribution >= 4 is 29.8 Å². The van der Waals surface area contributed by atoms with Crippen molar-refractivity contribution in [3.05, 3.63) is 239 Å². The molecule has 0 N–H and O–H groups in total. The second-order valence-corrected chi connectivity index (χ2v) is 32.1. The predicted octanol–water partition coefficient (Wildman–Crippen LogP) is 16.9. The maximum Gasteiger partial charge on any atom is 0.344 e. The van der Waals surface area contributed by atoms with Crippen molar-refractivity contribution in [3.8, 4) is 84.4 Å². The van der Waals surface area contributed by atoms with Crippen LogP contribution in [0.1, 0.15) is 159 Å². The van der Waals surface area contributed by atoms with E-state index in [4.69, 9.17) is 47.4 Å². The van der Waals surface area contributed by atoms with Crippen molar-refractivity contribution < 1.29 is 71.3 Å². The number of esters is 5. The molecule has 11 rings (SSSR count). The van der Waals surface area contributed by atoms with Gasteiger partial charge in [-0.3, -0.25) is 24.9 Å². The summed E-state index contributed by atoms with van der Waals surface area (Å²) in [6.45, 7) is 24.1. The Morgan fingerprint density at radius 1 is 0.227 bits per heavy atom. The van der Waals surface area contributed by atoms with Crippen LogP contribution in [-0.4, -0.2) is 116 Å². The van der Waals surface area contributed by atoms with Crippen LogP contribution in [0.25, 0.3) is 55.6 Å². The number of ether oxygens (including phenoxy) is 10. The lowest BCUT2D eigenvalue weighted by molar-refractivity contribution is -0.158. The Hall–Kier alpha value is -11.8. The summed E-state index contributed by atoms with van der Waals surface area (Å²) in [5.74, 6) is -1.72. The van der Waals surface area contributed by atoms with Crippen molar-refractivity contribution in [2.45, 2.75) is 164 Å². The lowest BCUT2D eigenvalue weighted by Gasteiger charge is -2.26. The summed E-state index contributed by atoms with van der Waals surface area (Å²) in [7, 11) is 0. The zero-order valence-corrected chi connectivity index (χ0v) is 65.3. The molecule has 5 heterocycles. The van der Waals surface area contributed by atoms with E-state index in [1.807, 2.05) is 121 Å². The number of rotatable bonds is 20. The number of pyridine rings is 5. The topological polar surface area (TPSA) is 242 Å². The molecule has 0 aliphatic heterocycles. The summed E-state index contributed by atoms with van der Waals surface area (Å²) in [5.41, 5.74) is 8.79. The minimum atomic E-state index is -0.898. The fourth-order valence-corrected chi connectivity index (χ4v) is 13.1. The molecule has 0 amide bonds. The molecule has 0 saturated heterocycles. The molecular weight excluding hydrogens is 1390 g/mol. The van der Waals surface area contributed by atoms with Gasteiger partial charge in [0.25, 0.3) is 0 Å². The Bertz CT molecular complexity index is 4120. The third kappa shape index (κ3) is 22.2. The number of carbonyl (C=O) groups excluding carboxylic acids is 5. The molecule has 20 nitrogen and oxygen atoms in total. The van der Waals surface area contributed by atoms with Crippen LogP contribution in [0.5, 0.6) is 28.7 Å². The van der Waals surface area contributed by atoms with Crippen LogP contribution < -0.4 is 23.7 Å². The van der Waals surface area contributed by atoms with E-state index in [1.54, 1.807) is 166 Å². The first-order chi connectivity index (χ1) is 52.1. The summed E-state index contributed by atoms with van der Waals surface area (Å²) < 4.78 is 65.1. The quantitative estimate of drug-likeness (QED) is 0.0508. The summed E-state index contributed by atoms with van der Waals surface area (Å²) >= 11 is 0. The van der Waals surface area contributed by atoms with Crippen molar-refractivity contribution in [1.29, 1.82) is 0 Å². The highest BCUT2D eigenvalue weighted by Crippen LogP contribution is 2.46. The molecule has 0 atom stereocenters. The Morgan fingerprint density at radius 3 is 0.473 bits per heavy atom. The fraction of sp³-hybridized carbons (Fsp3) is 0.333. The molecule has 570 valence electrons. The van der Waals surface area contributed by atoms with Gasteiger partial charge in [0, 0.05) is 94.1 Å². The lowest BCUT2D eigenvalue weighted by atomic mass is 9.86. The molecule has 10 aromatic rings. The maximum absolute atomic E-state index is 14.3. The van der Waals surface area contributed by atoms with E-state index >= 15 is 0 Å². The minimum Gasteiger partial charge on any atom is -0.481 e. The smallest absolute Gasteiger partial charge is 0.344 e. The molecule has 0 unspecified atom stereocenters. The molecule has 5 aromatic carbocycles. The van der Waals surface area contributed by atoms with Gasteiger partial charge in [-0.1, -0.05) is 0 Å². The minimum absolute atomic E-state index is 0.0281. The van der Waals surface area contributed by atoms with E-state index in [0.717, 1.165) is 55.6 Å². The zero-order chi connectivity index (χ0) is 78.7. The van der Waals surface area contributed by atoms with Crippen LogP contribution >= 0.6 is 0 Å². The highest BCUT2D eigenvalue weighted by Gasteiger charge is 2.31. The number of hydrogen-bond donors (Lipinski definition) is 0. The summed E-state index contributed by atoms with van der Waals surface area (Å²) in [5, 5.41) is 0. The fourth-order valence-electron chi connectivity index (χ4n) is 13.1. The van der Waals surface area contributed by atoms with Crippen LogP contribution in [0.3, 0.4) is 0 Å². The number of hydrogen-bond acceptors (Lipinski definition) is 20. The molecular formula is C90H95N5O15. The number of benzene rings is 5. The van der Waals surface area contributed by atoms with Gasteiger partial charge in [-0.15, -0.1) is 0 Å². The highest BCUT2D eigenvalue weighted by atomic mass is 16.6. The zero-order valence-electron chi connectivity index (χ0n) is 65.3. The number of carbonyl (C=O) groups is 5. The van der Waals surface area contributed by atoms with Crippen LogP contribution in [0.4, 0.5) is 0 Å². The lowest BCUT2D eigenvalue weighted by Crippen LogP contribution is -2.28. The van der Waals surface area contributed by atoms with Gasteiger partial charge in [0.1, 0.15) is 56.8 Å². The second-order valence-electron chi connectivity index (χ2n) is 32.1. The number of aromatic nitrogens is 5. The van der Waals surface area contributed by atoms with E-state index < -0.39 is 90.9 Å². The average molecular weight is 1490 g/mol. The Labute approximate surface area is 643 Å². The van der Waals surface area contributed by atoms with E-state index in [2.05, 4.69) is 24.9 Å². The Morgan fingerprint density at radius 2 is 0.355 bits per heavy atom. The van der Waals surface area contributed by atoms with Gasteiger partial charge >= 0.3 is 29.8 Å². The standard InChI is InChI=1S/C90H95N5O15/c1-86(2,3)106-76(96)51-101-81-66-36-61(56-16-26-91-27-17-56)37-67(81)47-69-39-63(58-20-30-93-31-21-58)41-71(83(69)103-53-78(98)108-88(7,8)9)49-73-43-65(60-24-34-95-35-25-60)45-75(85(73)105-55-80(100)110-90(13,14)15)50-74-44-64(59-22-32-94-33-23-59)42-72(84(74)104-54-79(99)109-89(10,11)12)48-70-40-62(57-18-28-92-29-19-57)38-68(46-66)82(70)102-52-77(97)107-87(4,5)6/h16-45H,46-55H2,1-15H3. The maximum atomic E-state index is 14.3. The van der Waals surface area contributed by atoms with Gasteiger partial charge in [0.15, 0.2) is 33.0 Å². The molecule has 1 aliphatic carbocycles. The molecule has 20 heteroatoms. The first kappa shape index (κ1) is 79.2. The van der Waals surface area contributed by atoms with Crippen molar-refractivity contribution in [2.24, 2.45) is 0 Å². The third-order valence-electron chi connectivity index (χ3n) is 17.0. The van der Waals surface area contributed by atoms with Crippen LogP contribution in [0, 0.1) is 0 Å². The molecule has 110 heavy (non-hydrogen) atoms. The van der Waals surface area contributed by atoms with E-state index in [1.165, 1.54) is 0 Å². The monoisotopic (exact) mass is 1490 g/mol. The first-order valence-electron chi connectivity index (χ1n) is 36.7. The van der Waals surface area contributed by atoms with Crippen LogP contribution in [0.15, 0.2) is 183 Å². The summed E-state index contributed by atoms with van der Waals surface area (Å²) in [4.78, 5) is 93.8. The molecule has 0 radical (unpaired) electrons. The largest absolute Gasteiger partial charge is 0.481 e. The molecule has 0 spiro atoms. The van der Waals surface area contributed by atoms with Crippen LogP contribution in [-0.2, 0) is 79.8 Å². The second kappa shape index (κ2) is 33.8. The molecule has 0 fully saturated rings. The van der Waals surface area contributed by atoms with Gasteiger partial charge < -0.3 is 47.4 Å². The molecule has 0 saturated carbocycles. The molecule has 1 aliphatic rings. The van der Waals surface area contributed by atoms with Crippen molar-refractivity contribution in [1.82, 2.24) is 24.9 Å². The number of fused-ring (bicyclic) bond motifs is 10. The van der Waals surface area contributed by atoms with Gasteiger partial charge in [0.2, 0.25) is 0 Å². The van der Waals surface area contributed by atoms with Crippen molar-refractivity contribution in [2.75, 3.05) is 33.0 Å². The van der Waals surface area contributed by atoms with Gasteiger partial charge in [-0.25, -0.2) is 24.0 Å². The van der Waals surface area contributed by atoms with Crippen LogP contribution in [0.2, 0.25) is 0 Å². The Balaban J connectivity index is 1.33. The normalized spacial score (nSPS) is 12.5. The summed E-state index contributed by atoms with van der Waals surface area (Å²) in [6, 6.07) is 39.0. The van der Waals surface area contributed by atoms with Gasteiger partial charge in [0.05, 0.1) is 0 Å². The first-order valence-corrected chi connectivity index (χ1v) is 36.7. The summed E-state index contributed by atoms with van der Waals surface area (Å²) in [6.07, 6.45) is 17.2. The van der Waals surface area contributed by atoms with Crippen molar-refractivity contribution in [3.63, 3.8) is 0 Å². The average Bonchev–Trinajstić information content (AvgIpc) is 0.769. The van der Waals surface area contributed by atoms with Gasteiger partial charge in [-0.2, -0.15) is 0 Å². The van der Waals surface area contributed by atoms with E-state index in [0.29, 0.717) is 84.4 Å². The molecule has 10 bridgehead atoms. The Kier molecular flexibility index (Phi) is 24.3. The molecule has 5 aromatic heterocycles. The van der Waals surface area contributed by atoms with E-state index in [-0.39, 0.29) is 32.1 Å². The number of nitrogens with zero attached hydrogens (tertiary/aromatic N) is 5.